The summed E-state index contributed by atoms with van der Waals surface area (Å²) in [5.41, 5.74) is 2.62. The molecule has 0 saturated carbocycles. The van der Waals surface area contributed by atoms with Gasteiger partial charge in [-0.05, 0) is 37.1 Å². The molecule has 0 aromatic heterocycles. The Balaban J connectivity index is 1.74. The molecule has 4 heteroatoms. The van der Waals surface area contributed by atoms with Gasteiger partial charge in [0.05, 0.1) is 6.61 Å². The van der Waals surface area contributed by atoms with Crippen LogP contribution in [0.1, 0.15) is 36.8 Å². The van der Waals surface area contributed by atoms with Gasteiger partial charge in [-0.25, -0.2) is 0 Å². The zero-order valence-electron chi connectivity index (χ0n) is 11.2. The number of halogens is 2. The predicted molar refractivity (Wildman–Crippen MR) is 87.3 cm³/mol. The largest absolute Gasteiger partial charge is 0.493 e. The molecule has 2 nitrogen and oxygen atoms in total. The maximum absolute atomic E-state index is 5.73. The van der Waals surface area contributed by atoms with E-state index >= 15 is 0 Å². The molecule has 0 spiro atoms. The lowest BCUT2D eigenvalue weighted by molar-refractivity contribution is 0.352. The molecule has 0 aliphatic carbocycles. The number of hydrogen-bond donors (Lipinski definition) is 1. The average molecular weight is 391 g/mol. The Morgan fingerprint density at radius 2 is 2.00 bits per heavy atom. The second-order valence-electron chi connectivity index (χ2n) is 4.93. The zero-order valence-corrected chi connectivity index (χ0v) is 14.4. The van der Waals surface area contributed by atoms with Gasteiger partial charge in [0.1, 0.15) is 5.75 Å². The van der Waals surface area contributed by atoms with Crippen molar-refractivity contribution >= 4 is 31.9 Å². The highest BCUT2D eigenvalue weighted by Crippen LogP contribution is 2.32. The quantitative estimate of drug-likeness (QED) is 0.523. The minimum absolute atomic E-state index is 0.825. The number of hydrogen-bond acceptors (Lipinski definition) is 2. The van der Waals surface area contributed by atoms with Crippen LogP contribution in [0.4, 0.5) is 0 Å². The van der Waals surface area contributed by atoms with Gasteiger partial charge in [0.15, 0.2) is 0 Å². The fourth-order valence-corrected chi connectivity index (χ4v) is 3.35. The van der Waals surface area contributed by atoms with Crippen molar-refractivity contribution in [3.05, 3.63) is 27.7 Å². The third-order valence-corrected chi connectivity index (χ3v) is 4.40. The zero-order chi connectivity index (χ0) is 13.5. The molecule has 2 rings (SSSR count). The van der Waals surface area contributed by atoms with Crippen LogP contribution < -0.4 is 10.1 Å². The molecule has 1 N–H and O–H groups in total. The summed E-state index contributed by atoms with van der Waals surface area (Å²) in [6, 6.07) is 4.34. The Morgan fingerprint density at radius 3 is 2.84 bits per heavy atom. The molecule has 0 radical (unpaired) electrons. The maximum Gasteiger partial charge on any atom is 0.127 e. The van der Waals surface area contributed by atoms with Crippen molar-refractivity contribution in [1.29, 1.82) is 0 Å². The van der Waals surface area contributed by atoms with Gasteiger partial charge in [-0.2, -0.15) is 0 Å². The normalized spacial score (nSPS) is 13.4. The van der Waals surface area contributed by atoms with Gasteiger partial charge in [0.25, 0.3) is 0 Å². The maximum atomic E-state index is 5.73. The van der Waals surface area contributed by atoms with Crippen molar-refractivity contribution in [2.75, 3.05) is 18.5 Å². The number of nitrogens with one attached hydrogen (secondary N) is 1. The monoisotopic (exact) mass is 389 g/mol. The first-order valence-corrected chi connectivity index (χ1v) is 8.93. The molecule has 0 bridgehead atoms. The molecule has 0 unspecified atom stereocenters. The van der Waals surface area contributed by atoms with Crippen molar-refractivity contribution in [3.63, 3.8) is 0 Å². The minimum atomic E-state index is 0.825. The predicted octanol–water partition coefficient (Wildman–Crippen LogP) is 4.43. The number of benzene rings is 1. The Hall–Kier alpha value is -0.0600. The standard InChI is InChI=1S/C15H21Br2NO/c16-6-3-1-2-4-7-18-11-13-10-14(17)9-12-5-8-19-15(12)13/h9-10,18H,1-8,11H2. The SMILES string of the molecule is BrCCCCCCNCc1cc(Br)cc2c1OCC2. The van der Waals surface area contributed by atoms with E-state index in [0.29, 0.717) is 0 Å². The van der Waals surface area contributed by atoms with Crippen LogP contribution in [0.25, 0.3) is 0 Å². The van der Waals surface area contributed by atoms with E-state index in [1.54, 1.807) is 0 Å². The summed E-state index contributed by atoms with van der Waals surface area (Å²) in [7, 11) is 0. The smallest absolute Gasteiger partial charge is 0.127 e. The molecule has 19 heavy (non-hydrogen) atoms. The van der Waals surface area contributed by atoms with Gasteiger partial charge in [-0.1, -0.05) is 44.7 Å². The van der Waals surface area contributed by atoms with Crippen LogP contribution in [0.2, 0.25) is 0 Å². The highest BCUT2D eigenvalue weighted by molar-refractivity contribution is 9.10. The van der Waals surface area contributed by atoms with Crippen molar-refractivity contribution in [2.45, 2.75) is 38.6 Å². The first-order valence-electron chi connectivity index (χ1n) is 7.02. The molecule has 0 amide bonds. The summed E-state index contributed by atoms with van der Waals surface area (Å²) in [4.78, 5) is 0. The van der Waals surface area contributed by atoms with Crippen LogP contribution in [-0.2, 0) is 13.0 Å². The summed E-state index contributed by atoms with van der Waals surface area (Å²) >= 11 is 7.04. The Labute approximate surface area is 132 Å². The molecule has 1 aromatic carbocycles. The highest BCUT2D eigenvalue weighted by atomic mass is 79.9. The first-order chi connectivity index (χ1) is 9.31. The van der Waals surface area contributed by atoms with Gasteiger partial charge < -0.3 is 10.1 Å². The Kier molecular flexibility index (Phi) is 6.68. The first kappa shape index (κ1) is 15.3. The molecule has 0 fully saturated rings. The Bertz CT molecular complexity index is 409. The number of fused-ring (bicyclic) bond motifs is 1. The van der Waals surface area contributed by atoms with Gasteiger partial charge in [0, 0.05) is 28.3 Å². The van der Waals surface area contributed by atoms with Gasteiger partial charge in [-0.3, -0.25) is 0 Å². The number of unbranched alkanes of at least 4 members (excludes halogenated alkanes) is 3. The molecule has 1 heterocycles. The summed E-state index contributed by atoms with van der Waals surface area (Å²) in [6.45, 7) is 2.81. The van der Waals surface area contributed by atoms with Crippen LogP contribution in [0.3, 0.4) is 0 Å². The van der Waals surface area contributed by atoms with Gasteiger partial charge >= 0.3 is 0 Å². The van der Waals surface area contributed by atoms with Crippen molar-refractivity contribution in [3.8, 4) is 5.75 Å². The van der Waals surface area contributed by atoms with E-state index in [-0.39, 0.29) is 0 Å². The van der Waals surface area contributed by atoms with Crippen LogP contribution >= 0.6 is 31.9 Å². The van der Waals surface area contributed by atoms with Crippen LogP contribution in [0, 0.1) is 0 Å². The van der Waals surface area contributed by atoms with Crippen LogP contribution in [0.15, 0.2) is 16.6 Å². The molecule has 106 valence electrons. The number of rotatable bonds is 8. The van der Waals surface area contributed by atoms with E-state index in [0.717, 1.165) is 41.7 Å². The highest BCUT2D eigenvalue weighted by Gasteiger charge is 2.16. The lowest BCUT2D eigenvalue weighted by Gasteiger charge is -2.10. The molecule has 1 aliphatic heterocycles. The summed E-state index contributed by atoms with van der Waals surface area (Å²) in [5.74, 6) is 1.11. The van der Waals surface area contributed by atoms with E-state index in [9.17, 15) is 0 Å². The third-order valence-electron chi connectivity index (χ3n) is 3.38. The van der Waals surface area contributed by atoms with Crippen molar-refractivity contribution < 1.29 is 4.74 Å². The van der Waals surface area contributed by atoms with E-state index in [1.165, 1.54) is 36.8 Å². The number of alkyl halides is 1. The minimum Gasteiger partial charge on any atom is -0.493 e. The van der Waals surface area contributed by atoms with E-state index < -0.39 is 0 Å². The average Bonchev–Trinajstić information content (AvgIpc) is 2.85. The second kappa shape index (κ2) is 8.28. The third kappa shape index (κ3) is 4.76. The van der Waals surface area contributed by atoms with Crippen LogP contribution in [0.5, 0.6) is 5.75 Å². The topological polar surface area (TPSA) is 21.3 Å². The molecule has 1 aliphatic rings. The van der Waals surface area contributed by atoms with Gasteiger partial charge in [-0.15, -0.1) is 0 Å². The summed E-state index contributed by atoms with van der Waals surface area (Å²) in [5, 5.41) is 4.65. The fourth-order valence-electron chi connectivity index (χ4n) is 2.40. The van der Waals surface area contributed by atoms with Crippen LogP contribution in [-0.4, -0.2) is 18.5 Å². The van der Waals surface area contributed by atoms with Gasteiger partial charge in [0.2, 0.25) is 0 Å². The number of ether oxygens (including phenoxy) is 1. The Morgan fingerprint density at radius 1 is 1.16 bits per heavy atom. The molecule has 0 saturated heterocycles. The lowest BCUT2D eigenvalue weighted by Crippen LogP contribution is -2.15. The summed E-state index contributed by atoms with van der Waals surface area (Å²) < 4.78 is 6.89. The van der Waals surface area contributed by atoms with E-state index in [1.807, 2.05) is 0 Å². The summed E-state index contributed by atoms with van der Waals surface area (Å²) in [6.07, 6.45) is 6.21. The molecule has 0 atom stereocenters. The second-order valence-corrected chi connectivity index (χ2v) is 6.64. The fraction of sp³-hybridized carbons (Fsp3) is 0.600. The van der Waals surface area contributed by atoms with E-state index in [2.05, 4.69) is 49.3 Å². The molecular formula is C15H21Br2NO. The van der Waals surface area contributed by atoms with Crippen molar-refractivity contribution in [2.24, 2.45) is 0 Å². The lowest BCUT2D eigenvalue weighted by atomic mass is 10.1. The molecular weight excluding hydrogens is 370 g/mol. The van der Waals surface area contributed by atoms with Crippen molar-refractivity contribution in [1.82, 2.24) is 5.32 Å². The molecule has 1 aromatic rings. The van der Waals surface area contributed by atoms with E-state index in [4.69, 9.17) is 4.74 Å².